The van der Waals surface area contributed by atoms with Crippen molar-refractivity contribution in [2.75, 3.05) is 10.6 Å². The maximum absolute atomic E-state index is 12.0. The number of nitrogens with one attached hydrogen (secondary N) is 2. The molecule has 0 aliphatic carbocycles. The van der Waals surface area contributed by atoms with Crippen molar-refractivity contribution in [2.45, 2.75) is 0 Å². The smallest absolute Gasteiger partial charge is 0.325 e. The minimum absolute atomic E-state index is 0.382. The molecule has 0 spiro atoms. The number of rotatable bonds is 4. The van der Waals surface area contributed by atoms with Crippen molar-refractivity contribution in [3.05, 3.63) is 65.1 Å². The standard InChI is InChI=1S/C16H12ClN3O2S/c17-11-5-7-12(8-6-11)22-14-4-2-1-3-13(14)19-15(21)20-16-18-9-10-23-16/h1-10H,(H2,18,19,20,21). The van der Waals surface area contributed by atoms with Crippen molar-refractivity contribution < 1.29 is 9.53 Å². The number of anilines is 2. The lowest BCUT2D eigenvalue weighted by molar-refractivity contribution is 0.262. The van der Waals surface area contributed by atoms with Crippen molar-refractivity contribution >= 4 is 39.8 Å². The summed E-state index contributed by atoms with van der Waals surface area (Å²) < 4.78 is 5.79. The van der Waals surface area contributed by atoms with Crippen LogP contribution in [0.3, 0.4) is 0 Å². The molecule has 7 heteroatoms. The molecule has 3 aromatic rings. The Morgan fingerprint density at radius 1 is 1.09 bits per heavy atom. The lowest BCUT2D eigenvalue weighted by atomic mass is 10.3. The van der Waals surface area contributed by atoms with Crippen LogP contribution in [0.5, 0.6) is 11.5 Å². The first-order chi connectivity index (χ1) is 11.2. The predicted molar refractivity (Wildman–Crippen MR) is 92.7 cm³/mol. The van der Waals surface area contributed by atoms with Gasteiger partial charge in [-0.2, -0.15) is 0 Å². The van der Waals surface area contributed by atoms with E-state index in [2.05, 4.69) is 15.6 Å². The van der Waals surface area contributed by atoms with Gasteiger partial charge in [0.1, 0.15) is 5.75 Å². The lowest BCUT2D eigenvalue weighted by Gasteiger charge is -2.12. The van der Waals surface area contributed by atoms with E-state index in [9.17, 15) is 4.79 Å². The van der Waals surface area contributed by atoms with Crippen LogP contribution in [0.1, 0.15) is 0 Å². The van der Waals surface area contributed by atoms with E-state index in [-0.39, 0.29) is 6.03 Å². The molecule has 1 aromatic heterocycles. The first-order valence-electron chi connectivity index (χ1n) is 6.71. The molecule has 0 aliphatic rings. The van der Waals surface area contributed by atoms with E-state index in [0.29, 0.717) is 27.3 Å². The Bertz CT molecular complexity index is 791. The predicted octanol–water partition coefficient (Wildman–Crippen LogP) is 5.23. The lowest BCUT2D eigenvalue weighted by Crippen LogP contribution is -2.19. The minimum Gasteiger partial charge on any atom is -0.455 e. The van der Waals surface area contributed by atoms with Crippen LogP contribution in [0.4, 0.5) is 15.6 Å². The SMILES string of the molecule is O=C(Nc1nccs1)Nc1ccccc1Oc1ccc(Cl)cc1. The number of urea groups is 1. The topological polar surface area (TPSA) is 63.2 Å². The summed E-state index contributed by atoms with van der Waals surface area (Å²) in [5.41, 5.74) is 0.552. The number of amides is 2. The molecule has 1 heterocycles. The molecule has 2 amide bonds. The number of benzene rings is 2. The second-order valence-corrected chi connectivity index (χ2v) is 5.80. The van der Waals surface area contributed by atoms with Crippen molar-refractivity contribution in [3.63, 3.8) is 0 Å². The zero-order valence-corrected chi connectivity index (χ0v) is 13.4. The monoisotopic (exact) mass is 345 g/mol. The Morgan fingerprint density at radius 3 is 2.61 bits per heavy atom. The molecule has 0 atom stereocenters. The van der Waals surface area contributed by atoms with E-state index < -0.39 is 0 Å². The number of carbonyl (C=O) groups excluding carboxylic acids is 1. The number of thiazole rings is 1. The second kappa shape index (κ2) is 7.13. The number of ether oxygens (including phenoxy) is 1. The maximum Gasteiger partial charge on any atom is 0.325 e. The van der Waals surface area contributed by atoms with Crippen LogP contribution in [0.15, 0.2) is 60.1 Å². The minimum atomic E-state index is -0.382. The number of nitrogens with zero attached hydrogens (tertiary/aromatic N) is 1. The van der Waals surface area contributed by atoms with Gasteiger partial charge in [-0.3, -0.25) is 5.32 Å². The second-order valence-electron chi connectivity index (χ2n) is 4.47. The molecular formula is C16H12ClN3O2S. The van der Waals surface area contributed by atoms with Gasteiger partial charge in [-0.1, -0.05) is 23.7 Å². The maximum atomic E-state index is 12.0. The van der Waals surface area contributed by atoms with E-state index >= 15 is 0 Å². The van der Waals surface area contributed by atoms with Crippen LogP contribution in [0.25, 0.3) is 0 Å². The van der Waals surface area contributed by atoms with Crippen LogP contribution in [0.2, 0.25) is 5.02 Å². The number of hydrogen-bond donors (Lipinski definition) is 2. The summed E-state index contributed by atoms with van der Waals surface area (Å²) in [4.78, 5) is 16.0. The Kier molecular flexibility index (Phi) is 4.75. The van der Waals surface area contributed by atoms with Crippen LogP contribution in [-0.2, 0) is 0 Å². The summed E-state index contributed by atoms with van der Waals surface area (Å²) in [6, 6.07) is 13.8. The molecule has 3 rings (SSSR count). The molecule has 0 bridgehead atoms. The summed E-state index contributed by atoms with van der Waals surface area (Å²) in [5.74, 6) is 1.16. The average Bonchev–Trinajstić information content (AvgIpc) is 3.04. The molecule has 2 aromatic carbocycles. The van der Waals surface area contributed by atoms with Gasteiger partial charge in [0, 0.05) is 16.6 Å². The fraction of sp³-hybridized carbons (Fsp3) is 0. The van der Waals surface area contributed by atoms with Crippen molar-refractivity contribution in [1.29, 1.82) is 0 Å². The Balaban J connectivity index is 1.72. The third-order valence-corrected chi connectivity index (χ3v) is 3.77. The fourth-order valence-corrected chi connectivity index (χ4v) is 2.47. The highest BCUT2D eigenvalue weighted by Crippen LogP contribution is 2.30. The average molecular weight is 346 g/mol. The Morgan fingerprint density at radius 2 is 1.87 bits per heavy atom. The van der Waals surface area contributed by atoms with Gasteiger partial charge < -0.3 is 10.1 Å². The van der Waals surface area contributed by atoms with E-state index in [1.165, 1.54) is 11.3 Å². The van der Waals surface area contributed by atoms with Crippen LogP contribution >= 0.6 is 22.9 Å². The first kappa shape index (κ1) is 15.3. The number of halogens is 1. The van der Waals surface area contributed by atoms with Crippen molar-refractivity contribution in [2.24, 2.45) is 0 Å². The van der Waals surface area contributed by atoms with Crippen LogP contribution in [0, 0.1) is 0 Å². The molecule has 116 valence electrons. The van der Waals surface area contributed by atoms with Gasteiger partial charge in [0.15, 0.2) is 10.9 Å². The van der Waals surface area contributed by atoms with Gasteiger partial charge in [-0.05, 0) is 36.4 Å². The molecule has 23 heavy (non-hydrogen) atoms. The van der Waals surface area contributed by atoms with E-state index in [0.717, 1.165) is 0 Å². The van der Waals surface area contributed by atoms with Gasteiger partial charge in [0.05, 0.1) is 5.69 Å². The van der Waals surface area contributed by atoms with Crippen LogP contribution in [-0.4, -0.2) is 11.0 Å². The third kappa shape index (κ3) is 4.21. The Hall–Kier alpha value is -2.57. The number of aromatic nitrogens is 1. The summed E-state index contributed by atoms with van der Waals surface area (Å²) in [7, 11) is 0. The van der Waals surface area contributed by atoms with Crippen LogP contribution < -0.4 is 15.4 Å². The van der Waals surface area contributed by atoms with Crippen molar-refractivity contribution in [3.8, 4) is 11.5 Å². The van der Waals surface area contributed by atoms with Gasteiger partial charge in [-0.15, -0.1) is 11.3 Å². The molecule has 0 fully saturated rings. The van der Waals surface area contributed by atoms with Gasteiger partial charge in [0.2, 0.25) is 0 Å². The highest BCUT2D eigenvalue weighted by molar-refractivity contribution is 7.13. The summed E-state index contributed by atoms with van der Waals surface area (Å²) in [6.07, 6.45) is 1.62. The third-order valence-electron chi connectivity index (χ3n) is 2.83. The quantitative estimate of drug-likeness (QED) is 0.680. The molecule has 0 radical (unpaired) electrons. The summed E-state index contributed by atoms with van der Waals surface area (Å²) >= 11 is 7.20. The normalized spacial score (nSPS) is 10.1. The molecule has 0 aliphatic heterocycles. The largest absolute Gasteiger partial charge is 0.455 e. The molecule has 0 unspecified atom stereocenters. The van der Waals surface area contributed by atoms with Gasteiger partial charge >= 0.3 is 6.03 Å². The van der Waals surface area contributed by atoms with Gasteiger partial charge in [-0.25, -0.2) is 9.78 Å². The van der Waals surface area contributed by atoms with Crippen molar-refractivity contribution in [1.82, 2.24) is 4.98 Å². The molecular weight excluding hydrogens is 334 g/mol. The molecule has 2 N–H and O–H groups in total. The zero-order chi connectivity index (χ0) is 16.1. The highest BCUT2D eigenvalue weighted by Gasteiger charge is 2.09. The highest BCUT2D eigenvalue weighted by atomic mass is 35.5. The van der Waals surface area contributed by atoms with E-state index in [1.54, 1.807) is 48.0 Å². The fourth-order valence-electron chi connectivity index (χ4n) is 1.82. The molecule has 0 saturated carbocycles. The summed E-state index contributed by atoms with van der Waals surface area (Å²) in [6.45, 7) is 0. The molecule has 0 saturated heterocycles. The molecule has 5 nitrogen and oxygen atoms in total. The van der Waals surface area contributed by atoms with Gasteiger partial charge in [0.25, 0.3) is 0 Å². The number of hydrogen-bond acceptors (Lipinski definition) is 4. The summed E-state index contributed by atoms with van der Waals surface area (Å²) in [5, 5.41) is 8.34. The number of carbonyl (C=O) groups is 1. The Labute approximate surface area is 141 Å². The first-order valence-corrected chi connectivity index (χ1v) is 7.96. The zero-order valence-electron chi connectivity index (χ0n) is 11.8. The number of para-hydroxylation sites is 2. The van der Waals surface area contributed by atoms with E-state index in [4.69, 9.17) is 16.3 Å². The van der Waals surface area contributed by atoms with E-state index in [1.807, 2.05) is 12.1 Å².